The molecule has 10 nitrogen and oxygen atoms in total. The Balaban J connectivity index is 2.03. The van der Waals surface area contributed by atoms with Crippen LogP contribution >= 0.6 is 0 Å². The van der Waals surface area contributed by atoms with E-state index in [1.807, 2.05) is 13.8 Å². The van der Waals surface area contributed by atoms with Crippen LogP contribution in [0.4, 0.5) is 5.82 Å². The summed E-state index contributed by atoms with van der Waals surface area (Å²) in [5.74, 6) is 1.61. The Morgan fingerprint density at radius 1 is 1.11 bits per heavy atom. The van der Waals surface area contributed by atoms with Gasteiger partial charge in [0.25, 0.3) is 11.5 Å². The van der Waals surface area contributed by atoms with Crippen molar-refractivity contribution in [3.8, 4) is 17.2 Å². The van der Waals surface area contributed by atoms with Gasteiger partial charge in [-0.2, -0.15) is 9.50 Å². The van der Waals surface area contributed by atoms with Gasteiger partial charge in [0, 0.05) is 17.5 Å². The predicted octanol–water partition coefficient (Wildman–Crippen LogP) is 1.82. The Hall–Kier alpha value is -3.56. The smallest absolute Gasteiger partial charge is 0.257 e. The second kappa shape index (κ2) is 7.59. The maximum atomic E-state index is 12.8. The van der Waals surface area contributed by atoms with Gasteiger partial charge in [-0.15, -0.1) is 5.10 Å². The largest absolute Gasteiger partial charge is 0.493 e. The number of anilines is 1. The zero-order valence-corrected chi connectivity index (χ0v) is 16.2. The SMILES string of the molecule is COc1cc(C(=O)Nc2cc(=O)[nH]c3nc(C(C)C)nn23)cc(OC)c1OC. The molecular weight excluding hydrogens is 366 g/mol. The first-order chi connectivity index (χ1) is 13.4. The van der Waals surface area contributed by atoms with E-state index in [-0.39, 0.29) is 23.1 Å². The van der Waals surface area contributed by atoms with Crippen molar-refractivity contribution in [1.29, 1.82) is 0 Å². The number of aromatic nitrogens is 4. The normalized spacial score (nSPS) is 10.9. The van der Waals surface area contributed by atoms with Gasteiger partial charge in [0.2, 0.25) is 11.5 Å². The molecule has 0 aliphatic heterocycles. The fraction of sp³-hybridized carbons (Fsp3) is 0.333. The van der Waals surface area contributed by atoms with Gasteiger partial charge in [-0.25, -0.2) is 0 Å². The lowest BCUT2D eigenvalue weighted by molar-refractivity contribution is 0.102. The van der Waals surface area contributed by atoms with Crippen molar-refractivity contribution in [2.45, 2.75) is 19.8 Å². The zero-order chi connectivity index (χ0) is 20.4. The summed E-state index contributed by atoms with van der Waals surface area (Å²) >= 11 is 0. The van der Waals surface area contributed by atoms with Crippen LogP contribution in [-0.4, -0.2) is 46.8 Å². The summed E-state index contributed by atoms with van der Waals surface area (Å²) in [6.45, 7) is 3.86. The highest BCUT2D eigenvalue weighted by atomic mass is 16.5. The molecule has 0 aliphatic carbocycles. The third-order valence-electron chi connectivity index (χ3n) is 4.04. The summed E-state index contributed by atoms with van der Waals surface area (Å²) in [6.07, 6.45) is 0. The first kappa shape index (κ1) is 19.2. The van der Waals surface area contributed by atoms with E-state index in [2.05, 4.69) is 20.4 Å². The Morgan fingerprint density at radius 2 is 1.75 bits per heavy atom. The minimum atomic E-state index is -0.479. The molecule has 3 aromatic rings. The summed E-state index contributed by atoms with van der Waals surface area (Å²) in [7, 11) is 4.40. The number of rotatable bonds is 6. The molecule has 0 radical (unpaired) electrons. The molecule has 0 unspecified atom stereocenters. The van der Waals surface area contributed by atoms with Gasteiger partial charge in [0.1, 0.15) is 5.82 Å². The lowest BCUT2D eigenvalue weighted by Gasteiger charge is -2.14. The fourth-order valence-corrected chi connectivity index (χ4v) is 2.64. The van der Waals surface area contributed by atoms with Crippen LogP contribution in [0.2, 0.25) is 0 Å². The van der Waals surface area contributed by atoms with Crippen molar-refractivity contribution in [3.63, 3.8) is 0 Å². The van der Waals surface area contributed by atoms with Crippen molar-refractivity contribution >= 4 is 17.5 Å². The van der Waals surface area contributed by atoms with Crippen LogP contribution in [0.3, 0.4) is 0 Å². The molecule has 0 atom stereocenters. The molecule has 0 aliphatic rings. The molecule has 2 aromatic heterocycles. The molecule has 148 valence electrons. The van der Waals surface area contributed by atoms with Crippen LogP contribution in [0.25, 0.3) is 5.78 Å². The standard InChI is InChI=1S/C18H21N5O5/c1-9(2)16-21-18-20-14(24)8-13(23(18)22-16)19-17(25)10-6-11(26-3)15(28-5)12(7-10)27-4/h6-9H,1-5H3,(H,19,25)(H,20,21,22,24). The molecule has 28 heavy (non-hydrogen) atoms. The second-order valence-electron chi connectivity index (χ2n) is 6.25. The zero-order valence-electron chi connectivity index (χ0n) is 16.2. The molecular formula is C18H21N5O5. The minimum Gasteiger partial charge on any atom is -0.493 e. The molecule has 0 spiro atoms. The summed E-state index contributed by atoms with van der Waals surface area (Å²) in [5.41, 5.74) is -0.150. The van der Waals surface area contributed by atoms with Gasteiger partial charge < -0.3 is 19.5 Å². The minimum absolute atomic E-state index is 0.0575. The highest BCUT2D eigenvalue weighted by Crippen LogP contribution is 2.38. The van der Waals surface area contributed by atoms with E-state index in [0.29, 0.717) is 23.1 Å². The van der Waals surface area contributed by atoms with Gasteiger partial charge in [-0.1, -0.05) is 13.8 Å². The van der Waals surface area contributed by atoms with Crippen LogP contribution in [0.5, 0.6) is 17.2 Å². The molecule has 2 N–H and O–H groups in total. The number of amides is 1. The lowest BCUT2D eigenvalue weighted by atomic mass is 10.1. The maximum absolute atomic E-state index is 12.8. The molecule has 3 rings (SSSR count). The van der Waals surface area contributed by atoms with Gasteiger partial charge in [0.05, 0.1) is 21.3 Å². The van der Waals surface area contributed by atoms with Crippen molar-refractivity contribution in [2.24, 2.45) is 0 Å². The molecule has 0 saturated carbocycles. The van der Waals surface area contributed by atoms with E-state index in [0.717, 1.165) is 0 Å². The number of hydrogen-bond donors (Lipinski definition) is 2. The summed E-state index contributed by atoms with van der Waals surface area (Å²) < 4.78 is 17.2. The van der Waals surface area contributed by atoms with Gasteiger partial charge in [0.15, 0.2) is 17.3 Å². The number of ether oxygens (including phenoxy) is 3. The summed E-state index contributed by atoms with van der Waals surface area (Å²) in [6, 6.07) is 4.27. The Morgan fingerprint density at radius 3 is 2.29 bits per heavy atom. The van der Waals surface area contributed by atoms with Crippen LogP contribution < -0.4 is 25.1 Å². The van der Waals surface area contributed by atoms with E-state index >= 15 is 0 Å². The Labute approximate surface area is 160 Å². The van der Waals surface area contributed by atoms with Gasteiger partial charge >= 0.3 is 0 Å². The lowest BCUT2D eigenvalue weighted by Crippen LogP contribution is -2.19. The van der Waals surface area contributed by atoms with Crippen molar-refractivity contribution in [3.05, 3.63) is 39.9 Å². The quantitative estimate of drug-likeness (QED) is 0.662. The topological polar surface area (TPSA) is 120 Å². The maximum Gasteiger partial charge on any atom is 0.257 e. The molecule has 2 heterocycles. The van der Waals surface area contributed by atoms with Crippen LogP contribution in [0, 0.1) is 0 Å². The Kier molecular flexibility index (Phi) is 5.21. The number of carbonyl (C=O) groups excluding carboxylic acids is 1. The summed E-state index contributed by atoms with van der Waals surface area (Å²) in [5, 5.41) is 7.03. The van der Waals surface area contributed by atoms with Crippen LogP contribution in [-0.2, 0) is 0 Å². The number of aromatic amines is 1. The molecule has 0 saturated heterocycles. The van der Waals surface area contributed by atoms with Gasteiger partial charge in [-0.3, -0.25) is 14.6 Å². The average molecular weight is 387 g/mol. The number of nitrogens with zero attached hydrogens (tertiary/aromatic N) is 3. The molecule has 0 bridgehead atoms. The van der Waals surface area contributed by atoms with E-state index in [1.54, 1.807) is 0 Å². The van der Waals surface area contributed by atoms with Crippen LogP contribution in [0.15, 0.2) is 23.0 Å². The van der Waals surface area contributed by atoms with E-state index in [1.165, 1.54) is 44.0 Å². The van der Waals surface area contributed by atoms with E-state index < -0.39 is 11.5 Å². The highest BCUT2D eigenvalue weighted by Gasteiger charge is 2.19. The molecule has 10 heteroatoms. The van der Waals surface area contributed by atoms with Crippen molar-refractivity contribution in [2.75, 3.05) is 26.6 Å². The third kappa shape index (κ3) is 3.48. The van der Waals surface area contributed by atoms with Crippen LogP contribution in [0.1, 0.15) is 35.9 Å². The van der Waals surface area contributed by atoms with Gasteiger partial charge in [-0.05, 0) is 12.1 Å². The van der Waals surface area contributed by atoms with Crippen molar-refractivity contribution < 1.29 is 19.0 Å². The highest BCUT2D eigenvalue weighted by molar-refractivity contribution is 6.04. The Bertz CT molecular complexity index is 1060. The summed E-state index contributed by atoms with van der Waals surface area (Å²) in [4.78, 5) is 31.6. The predicted molar refractivity (Wildman–Crippen MR) is 102 cm³/mol. The number of carbonyl (C=O) groups is 1. The number of benzene rings is 1. The number of H-pyrrole nitrogens is 1. The molecule has 1 aromatic carbocycles. The molecule has 1 amide bonds. The second-order valence-corrected chi connectivity index (χ2v) is 6.25. The first-order valence-electron chi connectivity index (χ1n) is 8.49. The molecule has 0 fully saturated rings. The third-order valence-corrected chi connectivity index (χ3v) is 4.04. The van der Waals surface area contributed by atoms with Crippen molar-refractivity contribution in [1.82, 2.24) is 19.6 Å². The van der Waals surface area contributed by atoms with E-state index in [4.69, 9.17) is 14.2 Å². The monoisotopic (exact) mass is 387 g/mol. The fourth-order valence-electron chi connectivity index (χ4n) is 2.64. The number of fused-ring (bicyclic) bond motifs is 1. The average Bonchev–Trinajstić information content (AvgIpc) is 3.11. The first-order valence-corrected chi connectivity index (χ1v) is 8.49. The van der Waals surface area contributed by atoms with E-state index in [9.17, 15) is 9.59 Å². The number of hydrogen-bond acceptors (Lipinski definition) is 7. The number of nitrogens with one attached hydrogen (secondary N) is 2. The number of methoxy groups -OCH3 is 3.